The van der Waals surface area contributed by atoms with Crippen molar-refractivity contribution < 1.29 is 0 Å². The van der Waals surface area contributed by atoms with E-state index in [-0.39, 0.29) is 5.95 Å². The molecule has 0 atom stereocenters. The van der Waals surface area contributed by atoms with E-state index in [1.807, 2.05) is 48.5 Å². The molecule has 4 rings (SSSR count). The summed E-state index contributed by atoms with van der Waals surface area (Å²) < 4.78 is 1.67. The van der Waals surface area contributed by atoms with Crippen LogP contribution >= 0.6 is 0 Å². The zero-order chi connectivity index (χ0) is 16.5. The van der Waals surface area contributed by atoms with Gasteiger partial charge in [-0.2, -0.15) is 19.6 Å². The molecule has 24 heavy (non-hydrogen) atoms. The number of benzene rings is 2. The molecule has 0 aliphatic carbocycles. The van der Waals surface area contributed by atoms with Gasteiger partial charge in [-0.05, 0) is 19.1 Å². The normalized spacial score (nSPS) is 10.9. The molecule has 6 nitrogen and oxygen atoms in total. The van der Waals surface area contributed by atoms with Crippen LogP contribution in [0.4, 0.5) is 17.6 Å². The maximum absolute atomic E-state index is 5.84. The summed E-state index contributed by atoms with van der Waals surface area (Å²) in [5.74, 6) is 0.735. The maximum atomic E-state index is 5.84. The van der Waals surface area contributed by atoms with Crippen molar-refractivity contribution in [3.8, 4) is 11.3 Å². The lowest BCUT2D eigenvalue weighted by Gasteiger charge is -2.07. The SMILES string of the molecule is Cc1ccc(-c2cc3nc(N)nc(Nc4ccccc4)n3n2)cc1. The molecular weight excluding hydrogens is 300 g/mol. The standard InChI is InChI=1S/C18H16N6/c1-12-7-9-13(10-8-12)15-11-16-21-17(19)22-18(24(16)23-15)20-14-5-3-2-4-6-14/h2-11H,1H3,(H3,19,20,21,22). The quantitative estimate of drug-likeness (QED) is 0.605. The molecule has 6 heteroatoms. The second kappa shape index (κ2) is 5.66. The molecule has 0 saturated heterocycles. The van der Waals surface area contributed by atoms with Crippen molar-refractivity contribution in [1.82, 2.24) is 19.6 Å². The minimum absolute atomic E-state index is 0.205. The largest absolute Gasteiger partial charge is 0.368 e. The first-order valence-corrected chi connectivity index (χ1v) is 7.61. The van der Waals surface area contributed by atoms with Crippen LogP contribution < -0.4 is 11.1 Å². The summed E-state index contributed by atoms with van der Waals surface area (Å²) in [6.07, 6.45) is 0. The molecule has 2 heterocycles. The van der Waals surface area contributed by atoms with Gasteiger partial charge in [0.05, 0.1) is 5.69 Å². The first-order valence-electron chi connectivity index (χ1n) is 7.61. The second-order valence-electron chi connectivity index (χ2n) is 5.56. The van der Waals surface area contributed by atoms with E-state index in [4.69, 9.17) is 5.73 Å². The number of aromatic nitrogens is 4. The topological polar surface area (TPSA) is 81.1 Å². The Morgan fingerprint density at radius 1 is 0.958 bits per heavy atom. The molecule has 3 N–H and O–H groups in total. The molecule has 0 fully saturated rings. The Hall–Kier alpha value is -3.41. The fourth-order valence-electron chi connectivity index (χ4n) is 2.50. The summed E-state index contributed by atoms with van der Waals surface area (Å²) >= 11 is 0. The van der Waals surface area contributed by atoms with Gasteiger partial charge in [0.15, 0.2) is 5.65 Å². The zero-order valence-electron chi connectivity index (χ0n) is 13.1. The molecule has 0 unspecified atom stereocenters. The number of nitrogen functional groups attached to an aromatic ring is 1. The summed E-state index contributed by atoms with van der Waals surface area (Å²) in [5, 5.41) is 7.85. The molecule has 0 bridgehead atoms. The third-order valence-corrected chi connectivity index (χ3v) is 3.72. The van der Waals surface area contributed by atoms with Crippen molar-refractivity contribution in [2.45, 2.75) is 6.92 Å². The number of anilines is 3. The van der Waals surface area contributed by atoms with E-state index in [1.54, 1.807) is 4.52 Å². The van der Waals surface area contributed by atoms with E-state index in [1.165, 1.54) is 5.56 Å². The van der Waals surface area contributed by atoms with Gasteiger partial charge in [-0.1, -0.05) is 48.0 Å². The number of nitrogens with one attached hydrogen (secondary N) is 1. The van der Waals surface area contributed by atoms with E-state index in [0.29, 0.717) is 11.6 Å². The van der Waals surface area contributed by atoms with Gasteiger partial charge in [-0.15, -0.1) is 0 Å². The molecule has 0 aliphatic rings. The molecule has 0 spiro atoms. The average Bonchev–Trinajstić information content (AvgIpc) is 3.00. The highest BCUT2D eigenvalue weighted by Gasteiger charge is 2.11. The smallest absolute Gasteiger partial charge is 0.233 e. The summed E-state index contributed by atoms with van der Waals surface area (Å²) in [5.41, 5.74) is 10.5. The van der Waals surface area contributed by atoms with Crippen LogP contribution in [-0.2, 0) is 0 Å². The van der Waals surface area contributed by atoms with Gasteiger partial charge >= 0.3 is 0 Å². The van der Waals surface area contributed by atoms with Gasteiger partial charge in [0.25, 0.3) is 0 Å². The maximum Gasteiger partial charge on any atom is 0.233 e. The van der Waals surface area contributed by atoms with Crippen molar-refractivity contribution in [1.29, 1.82) is 0 Å². The van der Waals surface area contributed by atoms with Gasteiger partial charge in [0.1, 0.15) is 0 Å². The molecule has 118 valence electrons. The van der Waals surface area contributed by atoms with Gasteiger partial charge in [-0.25, -0.2) is 0 Å². The summed E-state index contributed by atoms with van der Waals surface area (Å²) in [6, 6.07) is 19.9. The number of nitrogens with two attached hydrogens (primary N) is 1. The number of rotatable bonds is 3. The van der Waals surface area contributed by atoms with Crippen LogP contribution in [0, 0.1) is 6.92 Å². The van der Waals surface area contributed by atoms with E-state index < -0.39 is 0 Å². The van der Waals surface area contributed by atoms with Gasteiger partial charge in [0.2, 0.25) is 11.9 Å². The molecule has 0 amide bonds. The molecule has 0 saturated carbocycles. The monoisotopic (exact) mass is 316 g/mol. The Bertz CT molecular complexity index is 989. The molecule has 0 aliphatic heterocycles. The van der Waals surface area contributed by atoms with E-state index >= 15 is 0 Å². The fourth-order valence-corrected chi connectivity index (χ4v) is 2.50. The third-order valence-electron chi connectivity index (χ3n) is 3.72. The fraction of sp³-hybridized carbons (Fsp3) is 0.0556. The highest BCUT2D eigenvalue weighted by molar-refractivity contribution is 5.67. The Morgan fingerprint density at radius 3 is 2.46 bits per heavy atom. The van der Waals surface area contributed by atoms with Crippen LogP contribution in [-0.4, -0.2) is 19.6 Å². The van der Waals surface area contributed by atoms with Crippen molar-refractivity contribution in [2.75, 3.05) is 11.1 Å². The summed E-state index contributed by atoms with van der Waals surface area (Å²) in [6.45, 7) is 2.06. The predicted molar refractivity (Wildman–Crippen MR) is 95.1 cm³/mol. The number of fused-ring (bicyclic) bond motifs is 1. The lowest BCUT2D eigenvalue weighted by Crippen LogP contribution is -2.07. The lowest BCUT2D eigenvalue weighted by atomic mass is 10.1. The number of hydrogen-bond acceptors (Lipinski definition) is 5. The Morgan fingerprint density at radius 2 is 1.71 bits per heavy atom. The number of aryl methyl sites for hydroxylation is 1. The lowest BCUT2D eigenvalue weighted by molar-refractivity contribution is 0.912. The van der Waals surface area contributed by atoms with Crippen LogP contribution in [0.1, 0.15) is 5.56 Å². The average molecular weight is 316 g/mol. The molecule has 2 aromatic heterocycles. The Labute approximate surface area is 139 Å². The number of hydrogen-bond donors (Lipinski definition) is 2. The first-order chi connectivity index (χ1) is 11.7. The van der Waals surface area contributed by atoms with Crippen molar-refractivity contribution >= 4 is 23.2 Å². The highest BCUT2D eigenvalue weighted by atomic mass is 15.4. The van der Waals surface area contributed by atoms with Crippen molar-refractivity contribution in [3.05, 3.63) is 66.2 Å². The van der Waals surface area contributed by atoms with Gasteiger partial charge in [-0.3, -0.25) is 0 Å². The molecular formula is C18H16N6. The highest BCUT2D eigenvalue weighted by Crippen LogP contribution is 2.23. The zero-order valence-corrected chi connectivity index (χ0v) is 13.1. The number of para-hydroxylation sites is 1. The Kier molecular flexibility index (Phi) is 3.35. The third kappa shape index (κ3) is 2.65. The van der Waals surface area contributed by atoms with Gasteiger partial charge < -0.3 is 11.1 Å². The minimum atomic E-state index is 0.205. The van der Waals surface area contributed by atoms with Crippen LogP contribution in [0.5, 0.6) is 0 Å². The first kappa shape index (κ1) is 14.2. The van der Waals surface area contributed by atoms with Crippen LogP contribution in [0.15, 0.2) is 60.7 Å². The predicted octanol–water partition coefficient (Wildman–Crippen LogP) is 3.43. The van der Waals surface area contributed by atoms with E-state index in [2.05, 4.69) is 39.4 Å². The summed E-state index contributed by atoms with van der Waals surface area (Å²) in [7, 11) is 0. The van der Waals surface area contributed by atoms with Crippen molar-refractivity contribution in [2.24, 2.45) is 0 Å². The minimum Gasteiger partial charge on any atom is -0.368 e. The van der Waals surface area contributed by atoms with Crippen LogP contribution in [0.2, 0.25) is 0 Å². The van der Waals surface area contributed by atoms with Gasteiger partial charge in [0, 0.05) is 17.3 Å². The van der Waals surface area contributed by atoms with E-state index in [9.17, 15) is 0 Å². The summed E-state index contributed by atoms with van der Waals surface area (Å²) in [4.78, 5) is 8.54. The number of nitrogens with zero attached hydrogens (tertiary/aromatic N) is 4. The molecule has 0 radical (unpaired) electrons. The molecule has 4 aromatic rings. The molecule has 2 aromatic carbocycles. The Balaban J connectivity index is 1.81. The van der Waals surface area contributed by atoms with Crippen molar-refractivity contribution in [3.63, 3.8) is 0 Å². The van der Waals surface area contributed by atoms with Crippen LogP contribution in [0.3, 0.4) is 0 Å². The van der Waals surface area contributed by atoms with Crippen LogP contribution in [0.25, 0.3) is 16.9 Å². The second-order valence-corrected chi connectivity index (χ2v) is 5.56. The van der Waals surface area contributed by atoms with E-state index in [0.717, 1.165) is 16.9 Å².